The van der Waals surface area contributed by atoms with Crippen LogP contribution in [-0.2, 0) is 11.2 Å². The van der Waals surface area contributed by atoms with Gasteiger partial charge in [-0.2, -0.15) is 0 Å². The van der Waals surface area contributed by atoms with Crippen LogP contribution in [-0.4, -0.2) is 22.9 Å². The standard InChI is InChI=1S/C14H20N2O2/c1-18-14-9-12(15-10-16-14)8-13(17)11-6-4-2-3-5-7-11/h9-11H,2-8H2,1H3. The first-order valence-electron chi connectivity index (χ1n) is 6.67. The molecule has 4 nitrogen and oxygen atoms in total. The molecule has 2 rings (SSSR count). The molecular weight excluding hydrogens is 228 g/mol. The fraction of sp³-hybridized carbons (Fsp3) is 0.643. The second-order valence-corrected chi connectivity index (χ2v) is 4.88. The average Bonchev–Trinajstić information content (AvgIpc) is 2.68. The molecule has 0 aliphatic heterocycles. The first-order valence-corrected chi connectivity index (χ1v) is 6.67. The number of nitrogens with zero attached hydrogens (tertiary/aromatic N) is 2. The maximum atomic E-state index is 12.2. The highest BCUT2D eigenvalue weighted by atomic mass is 16.5. The van der Waals surface area contributed by atoms with Gasteiger partial charge in [-0.3, -0.25) is 4.79 Å². The lowest BCUT2D eigenvalue weighted by molar-refractivity contribution is -0.122. The first-order chi connectivity index (χ1) is 8.79. The van der Waals surface area contributed by atoms with Gasteiger partial charge >= 0.3 is 0 Å². The van der Waals surface area contributed by atoms with Gasteiger partial charge in [-0.15, -0.1) is 0 Å². The summed E-state index contributed by atoms with van der Waals surface area (Å²) in [6.45, 7) is 0. The normalized spacial score (nSPS) is 17.2. The van der Waals surface area contributed by atoms with E-state index in [2.05, 4.69) is 9.97 Å². The molecule has 1 heterocycles. The molecule has 1 fully saturated rings. The van der Waals surface area contributed by atoms with E-state index in [0.29, 0.717) is 18.1 Å². The number of rotatable bonds is 4. The molecule has 18 heavy (non-hydrogen) atoms. The third-order valence-electron chi connectivity index (χ3n) is 3.57. The number of Topliss-reactive ketones (excluding diaryl/α,β-unsaturated/α-hetero) is 1. The van der Waals surface area contributed by atoms with Crippen LogP contribution in [0.2, 0.25) is 0 Å². The molecule has 0 aromatic carbocycles. The third kappa shape index (κ3) is 3.52. The van der Waals surface area contributed by atoms with Crippen LogP contribution in [0.25, 0.3) is 0 Å². The van der Waals surface area contributed by atoms with Crippen LogP contribution in [0.1, 0.15) is 44.2 Å². The zero-order valence-corrected chi connectivity index (χ0v) is 10.9. The van der Waals surface area contributed by atoms with Crippen LogP contribution in [0, 0.1) is 5.92 Å². The number of hydrogen-bond donors (Lipinski definition) is 0. The second-order valence-electron chi connectivity index (χ2n) is 4.88. The number of hydrogen-bond acceptors (Lipinski definition) is 4. The van der Waals surface area contributed by atoms with E-state index in [1.165, 1.54) is 32.0 Å². The van der Waals surface area contributed by atoms with Crippen molar-refractivity contribution in [3.8, 4) is 5.88 Å². The number of methoxy groups -OCH3 is 1. The summed E-state index contributed by atoms with van der Waals surface area (Å²) in [5.41, 5.74) is 0.760. The minimum absolute atomic E-state index is 0.230. The highest BCUT2D eigenvalue weighted by Gasteiger charge is 2.20. The lowest BCUT2D eigenvalue weighted by atomic mass is 9.93. The average molecular weight is 248 g/mol. The Morgan fingerprint density at radius 3 is 2.67 bits per heavy atom. The fourth-order valence-electron chi connectivity index (χ4n) is 2.51. The summed E-state index contributed by atoms with van der Waals surface area (Å²) >= 11 is 0. The molecule has 0 atom stereocenters. The highest BCUT2D eigenvalue weighted by Crippen LogP contribution is 2.24. The van der Waals surface area contributed by atoms with Gasteiger partial charge in [0.25, 0.3) is 0 Å². The molecule has 4 heteroatoms. The summed E-state index contributed by atoms with van der Waals surface area (Å²) < 4.78 is 5.04. The third-order valence-corrected chi connectivity index (χ3v) is 3.57. The van der Waals surface area contributed by atoms with Crippen molar-refractivity contribution in [2.24, 2.45) is 5.92 Å². The maximum Gasteiger partial charge on any atom is 0.216 e. The first kappa shape index (κ1) is 13.0. The topological polar surface area (TPSA) is 52.1 Å². The Labute approximate surface area is 108 Å². The van der Waals surface area contributed by atoms with Crippen LogP contribution < -0.4 is 4.74 Å². The van der Waals surface area contributed by atoms with E-state index in [9.17, 15) is 4.79 Å². The molecule has 0 amide bonds. The van der Waals surface area contributed by atoms with Crippen molar-refractivity contribution in [1.82, 2.24) is 9.97 Å². The number of carbonyl (C=O) groups is 1. The molecule has 98 valence electrons. The van der Waals surface area contributed by atoms with Crippen LogP contribution in [0.3, 0.4) is 0 Å². The molecule has 0 spiro atoms. The minimum atomic E-state index is 0.230. The van der Waals surface area contributed by atoms with Gasteiger partial charge in [0.15, 0.2) is 0 Å². The largest absolute Gasteiger partial charge is 0.481 e. The molecule has 1 aromatic rings. The summed E-state index contributed by atoms with van der Waals surface area (Å²) in [6.07, 6.45) is 8.85. The molecule has 1 aliphatic carbocycles. The highest BCUT2D eigenvalue weighted by molar-refractivity contribution is 5.82. The lowest BCUT2D eigenvalue weighted by Crippen LogP contribution is -2.17. The molecule has 0 unspecified atom stereocenters. The van der Waals surface area contributed by atoms with Gasteiger partial charge in [-0.05, 0) is 12.8 Å². The molecule has 0 saturated heterocycles. The summed E-state index contributed by atoms with van der Waals surface area (Å²) in [7, 11) is 1.57. The van der Waals surface area contributed by atoms with E-state index < -0.39 is 0 Å². The zero-order chi connectivity index (χ0) is 12.8. The van der Waals surface area contributed by atoms with Crippen molar-refractivity contribution in [1.29, 1.82) is 0 Å². The summed E-state index contributed by atoms with van der Waals surface area (Å²) in [4.78, 5) is 20.3. The van der Waals surface area contributed by atoms with E-state index in [0.717, 1.165) is 18.5 Å². The van der Waals surface area contributed by atoms with Crippen LogP contribution in [0.4, 0.5) is 0 Å². The summed E-state index contributed by atoms with van der Waals surface area (Å²) in [5, 5.41) is 0. The smallest absolute Gasteiger partial charge is 0.216 e. The number of aromatic nitrogens is 2. The molecule has 1 saturated carbocycles. The van der Waals surface area contributed by atoms with E-state index in [1.54, 1.807) is 13.2 Å². The summed E-state index contributed by atoms with van der Waals surface area (Å²) in [5.74, 6) is 1.07. The quantitative estimate of drug-likeness (QED) is 0.768. The van der Waals surface area contributed by atoms with Gasteiger partial charge < -0.3 is 4.74 Å². The predicted octanol–water partition coefficient (Wildman–Crippen LogP) is 2.57. The maximum absolute atomic E-state index is 12.2. The van der Waals surface area contributed by atoms with Crippen LogP contribution in [0.5, 0.6) is 5.88 Å². The Hall–Kier alpha value is -1.45. The molecule has 0 radical (unpaired) electrons. The molecule has 1 aromatic heterocycles. The Morgan fingerprint density at radius 1 is 1.28 bits per heavy atom. The minimum Gasteiger partial charge on any atom is -0.481 e. The Kier molecular flexibility index (Phi) is 4.67. The molecular formula is C14H20N2O2. The van der Waals surface area contributed by atoms with E-state index in [4.69, 9.17) is 4.74 Å². The van der Waals surface area contributed by atoms with Crippen LogP contribution >= 0.6 is 0 Å². The lowest BCUT2D eigenvalue weighted by Gasteiger charge is -2.12. The monoisotopic (exact) mass is 248 g/mol. The van der Waals surface area contributed by atoms with Crippen molar-refractivity contribution < 1.29 is 9.53 Å². The van der Waals surface area contributed by atoms with Gasteiger partial charge in [0.2, 0.25) is 5.88 Å². The van der Waals surface area contributed by atoms with Crippen LogP contribution in [0.15, 0.2) is 12.4 Å². The van der Waals surface area contributed by atoms with Gasteiger partial charge in [-0.1, -0.05) is 25.7 Å². The summed E-state index contributed by atoms with van der Waals surface area (Å²) in [6, 6.07) is 1.74. The van der Waals surface area contributed by atoms with Crippen molar-refractivity contribution in [2.45, 2.75) is 44.9 Å². The van der Waals surface area contributed by atoms with Gasteiger partial charge in [0, 0.05) is 18.4 Å². The predicted molar refractivity (Wildman–Crippen MR) is 68.5 cm³/mol. The SMILES string of the molecule is COc1cc(CC(=O)C2CCCCCC2)ncn1. The second kappa shape index (κ2) is 6.47. The molecule has 0 bridgehead atoms. The van der Waals surface area contributed by atoms with Gasteiger partial charge in [0.05, 0.1) is 12.8 Å². The van der Waals surface area contributed by atoms with E-state index >= 15 is 0 Å². The van der Waals surface area contributed by atoms with Gasteiger partial charge in [0.1, 0.15) is 12.1 Å². The van der Waals surface area contributed by atoms with Crippen molar-refractivity contribution >= 4 is 5.78 Å². The molecule has 0 N–H and O–H groups in total. The van der Waals surface area contributed by atoms with E-state index in [-0.39, 0.29) is 5.92 Å². The van der Waals surface area contributed by atoms with Gasteiger partial charge in [-0.25, -0.2) is 9.97 Å². The fourth-order valence-corrected chi connectivity index (χ4v) is 2.51. The number of carbonyl (C=O) groups excluding carboxylic acids is 1. The Bertz CT molecular complexity index is 399. The van der Waals surface area contributed by atoms with E-state index in [1.807, 2.05) is 0 Å². The van der Waals surface area contributed by atoms with Crippen molar-refractivity contribution in [2.75, 3.05) is 7.11 Å². The Balaban J connectivity index is 1.96. The zero-order valence-electron chi connectivity index (χ0n) is 10.9. The Morgan fingerprint density at radius 2 is 2.00 bits per heavy atom. The van der Waals surface area contributed by atoms with Crippen molar-refractivity contribution in [3.05, 3.63) is 18.1 Å². The number of ether oxygens (including phenoxy) is 1. The molecule has 1 aliphatic rings. The number of ketones is 1. The van der Waals surface area contributed by atoms with Crippen molar-refractivity contribution in [3.63, 3.8) is 0 Å².